The Hall–Kier alpha value is -5.51. The number of hydrogen-bond donors (Lipinski definition) is 3. The second-order valence-electron chi connectivity index (χ2n) is 16.6. The number of piperidine rings is 2. The van der Waals surface area contributed by atoms with E-state index in [0.717, 1.165) is 55.0 Å². The van der Waals surface area contributed by atoms with Crippen LogP contribution in [0.3, 0.4) is 0 Å². The van der Waals surface area contributed by atoms with Crippen molar-refractivity contribution in [3.05, 3.63) is 124 Å². The molecule has 9 rings (SSSR count). The van der Waals surface area contributed by atoms with Crippen LogP contribution in [0.25, 0.3) is 33.3 Å². The number of fused-ring (bicyclic) bond motifs is 2. The minimum Gasteiger partial charge on any atom is -0.440 e. The Morgan fingerprint density at radius 1 is 0.902 bits per heavy atom. The number of nitrogens with one attached hydrogen (secondary N) is 2. The van der Waals surface area contributed by atoms with Crippen LogP contribution in [0.4, 0.5) is 0 Å². The first-order chi connectivity index (χ1) is 29.7. The third-order valence-corrected chi connectivity index (χ3v) is 12.9. The highest BCUT2D eigenvalue weighted by Gasteiger charge is 2.41. The lowest BCUT2D eigenvalue weighted by Gasteiger charge is -2.43. The number of pyridine rings is 1. The van der Waals surface area contributed by atoms with Gasteiger partial charge in [-0.2, -0.15) is 0 Å². The van der Waals surface area contributed by atoms with E-state index in [-0.39, 0.29) is 35.8 Å². The number of piperazine rings is 1. The molecule has 14 nitrogen and oxygen atoms in total. The minimum absolute atomic E-state index is 0.0269. The number of nitrogens with zero attached hydrogens (tertiary/aromatic N) is 7. The van der Waals surface area contributed by atoms with Gasteiger partial charge in [-0.3, -0.25) is 28.8 Å². The summed E-state index contributed by atoms with van der Waals surface area (Å²) < 4.78 is 7.55. The molecule has 3 aromatic heterocycles. The molecular formula is C46H50ClN9O5. The molecule has 6 aromatic rings. The van der Waals surface area contributed by atoms with Gasteiger partial charge in [-0.1, -0.05) is 48.0 Å². The van der Waals surface area contributed by atoms with Gasteiger partial charge in [0, 0.05) is 93.4 Å². The Kier molecular flexibility index (Phi) is 12.0. The van der Waals surface area contributed by atoms with Crippen molar-refractivity contribution in [2.75, 3.05) is 65.4 Å². The number of halogens is 1. The van der Waals surface area contributed by atoms with E-state index >= 15 is 0 Å². The Morgan fingerprint density at radius 3 is 2.51 bits per heavy atom. The van der Waals surface area contributed by atoms with Gasteiger partial charge in [-0.25, -0.2) is 9.97 Å². The number of carbonyl (C=O) groups is 2. The largest absolute Gasteiger partial charge is 0.440 e. The van der Waals surface area contributed by atoms with Gasteiger partial charge in [0.25, 0.3) is 11.5 Å². The lowest BCUT2D eigenvalue weighted by Crippen LogP contribution is -2.53. The first-order valence-corrected chi connectivity index (χ1v) is 21.6. The van der Waals surface area contributed by atoms with Gasteiger partial charge in [-0.05, 0) is 67.8 Å². The van der Waals surface area contributed by atoms with E-state index in [0.29, 0.717) is 91.4 Å². The summed E-state index contributed by atoms with van der Waals surface area (Å²) in [4.78, 5) is 61.0. The lowest BCUT2D eigenvalue weighted by molar-refractivity contribution is -0.142. The minimum atomic E-state index is -1.17. The Labute approximate surface area is 358 Å². The molecule has 0 radical (unpaired) electrons. The standard InChI is InChI=1S/C46H50ClN9O5/c47-39-10-14-49-40-24-32(6-8-36(39)40)42(57)50-17-23-53-18-11-35(38(28-53)31-4-2-1-3-5-31)44(58)55-19-12-46(60,13-20-55)29-56-30-52-41-25-33(7-9-37(41)45(56)59)43-51-26-34(61-43)27-54-21-15-48-16-22-54/h1-10,14,24-26,30,35,38,48,60H,11-13,15-23,27-29H2,(H,50,57)/t35-,38+/m1/s1. The predicted molar refractivity (Wildman–Crippen MR) is 233 cm³/mol. The van der Waals surface area contributed by atoms with E-state index in [1.54, 1.807) is 36.7 Å². The zero-order chi connectivity index (χ0) is 41.9. The average molecular weight is 844 g/mol. The van der Waals surface area contributed by atoms with Crippen LogP contribution in [0, 0.1) is 5.92 Å². The lowest BCUT2D eigenvalue weighted by atomic mass is 9.79. The van der Waals surface area contributed by atoms with Crippen LogP contribution in [-0.2, 0) is 17.9 Å². The fourth-order valence-electron chi connectivity index (χ4n) is 9.10. The summed E-state index contributed by atoms with van der Waals surface area (Å²) in [5, 5.41) is 20.0. The molecule has 3 N–H and O–H groups in total. The second-order valence-corrected chi connectivity index (χ2v) is 17.0. The summed E-state index contributed by atoms with van der Waals surface area (Å²) in [5.41, 5.74) is 2.17. The Morgan fingerprint density at radius 2 is 1.69 bits per heavy atom. The van der Waals surface area contributed by atoms with Gasteiger partial charge in [0.05, 0.1) is 52.7 Å². The first kappa shape index (κ1) is 40.9. The highest BCUT2D eigenvalue weighted by atomic mass is 35.5. The van der Waals surface area contributed by atoms with Crippen molar-refractivity contribution < 1.29 is 19.1 Å². The molecule has 0 aliphatic carbocycles. The van der Waals surface area contributed by atoms with Crippen molar-refractivity contribution in [1.29, 1.82) is 0 Å². The molecule has 0 spiro atoms. The molecule has 3 fully saturated rings. The van der Waals surface area contributed by atoms with E-state index in [2.05, 4.69) is 47.5 Å². The summed E-state index contributed by atoms with van der Waals surface area (Å²) >= 11 is 6.28. The number of rotatable bonds is 11. The molecule has 2 atom stereocenters. The van der Waals surface area contributed by atoms with Crippen molar-refractivity contribution >= 4 is 45.2 Å². The first-order valence-electron chi connectivity index (χ1n) is 21.2. The number of oxazole rings is 1. The number of likely N-dealkylation sites (tertiary alicyclic amines) is 2. The third-order valence-electron chi connectivity index (χ3n) is 12.6. The zero-order valence-electron chi connectivity index (χ0n) is 34.0. The topological polar surface area (TPSA) is 162 Å². The van der Waals surface area contributed by atoms with Crippen LogP contribution < -0.4 is 16.2 Å². The number of aromatic nitrogens is 4. The van der Waals surface area contributed by atoms with Crippen molar-refractivity contribution in [3.8, 4) is 11.5 Å². The number of carbonyl (C=O) groups excluding carboxylic acids is 2. The van der Waals surface area contributed by atoms with Gasteiger partial charge in [-0.15, -0.1) is 0 Å². The number of hydrogen-bond acceptors (Lipinski definition) is 11. The summed E-state index contributed by atoms with van der Waals surface area (Å²) in [6, 6.07) is 22.6. The molecule has 0 saturated carbocycles. The van der Waals surface area contributed by atoms with Crippen molar-refractivity contribution in [2.45, 2.75) is 43.9 Å². The molecule has 316 valence electrons. The van der Waals surface area contributed by atoms with E-state index in [4.69, 9.17) is 16.0 Å². The van der Waals surface area contributed by atoms with Crippen LogP contribution >= 0.6 is 11.6 Å². The highest BCUT2D eigenvalue weighted by Crippen LogP contribution is 2.36. The summed E-state index contributed by atoms with van der Waals surface area (Å²) in [6.07, 6.45) is 6.25. The molecule has 0 unspecified atom stereocenters. The fraction of sp³-hybridized carbons (Fsp3) is 0.391. The van der Waals surface area contributed by atoms with Crippen molar-refractivity contribution in [3.63, 3.8) is 0 Å². The maximum absolute atomic E-state index is 14.3. The number of aliphatic hydroxyl groups is 1. The summed E-state index contributed by atoms with van der Waals surface area (Å²) in [6.45, 7) is 7.91. The van der Waals surface area contributed by atoms with Crippen LogP contribution in [0.1, 0.15) is 46.9 Å². The molecule has 0 bridgehead atoms. The van der Waals surface area contributed by atoms with Crippen LogP contribution in [0.5, 0.6) is 0 Å². The molecule has 2 amide bonds. The van der Waals surface area contributed by atoms with Crippen LogP contribution in [0.2, 0.25) is 5.02 Å². The number of benzene rings is 3. The fourth-order valence-corrected chi connectivity index (χ4v) is 9.32. The van der Waals surface area contributed by atoms with E-state index in [9.17, 15) is 19.5 Å². The quantitative estimate of drug-likeness (QED) is 0.168. The molecule has 3 aromatic carbocycles. The highest BCUT2D eigenvalue weighted by molar-refractivity contribution is 6.35. The van der Waals surface area contributed by atoms with Gasteiger partial charge in [0.2, 0.25) is 11.8 Å². The third kappa shape index (κ3) is 9.09. The average Bonchev–Trinajstić information content (AvgIpc) is 3.76. The van der Waals surface area contributed by atoms with Gasteiger partial charge in [0.15, 0.2) is 0 Å². The normalized spacial score (nSPS) is 19.9. The van der Waals surface area contributed by atoms with Crippen molar-refractivity contribution in [2.24, 2.45) is 5.92 Å². The van der Waals surface area contributed by atoms with Gasteiger partial charge < -0.3 is 30.0 Å². The molecule has 3 aliphatic heterocycles. The second kappa shape index (κ2) is 17.8. The smallest absolute Gasteiger partial charge is 0.261 e. The van der Waals surface area contributed by atoms with Gasteiger partial charge >= 0.3 is 0 Å². The van der Waals surface area contributed by atoms with Crippen molar-refractivity contribution in [1.82, 2.24) is 44.9 Å². The molecule has 3 aliphatic rings. The zero-order valence-corrected chi connectivity index (χ0v) is 34.8. The monoisotopic (exact) mass is 843 g/mol. The molecule has 3 saturated heterocycles. The van der Waals surface area contributed by atoms with Gasteiger partial charge in [0.1, 0.15) is 5.76 Å². The predicted octanol–water partition coefficient (Wildman–Crippen LogP) is 4.55. The van der Waals surface area contributed by atoms with E-state index in [1.807, 2.05) is 41.3 Å². The number of amides is 2. The Bertz CT molecular complexity index is 2590. The maximum atomic E-state index is 14.3. The van der Waals surface area contributed by atoms with E-state index in [1.165, 1.54) is 10.9 Å². The summed E-state index contributed by atoms with van der Waals surface area (Å²) in [7, 11) is 0. The maximum Gasteiger partial charge on any atom is 0.261 e. The van der Waals surface area contributed by atoms with Crippen LogP contribution in [-0.4, -0.2) is 122 Å². The SMILES string of the molecule is O=C(NCCN1CC[C@@H](C(=O)N2CCC(O)(Cn3cnc4cc(-c5ncc(CN6CCNCC6)o5)ccc4c3=O)CC2)[C@H](c2ccccc2)C1)c1ccc2c(Cl)ccnc2c1. The molecule has 61 heavy (non-hydrogen) atoms. The molecule has 6 heterocycles. The van der Waals surface area contributed by atoms with Crippen LogP contribution in [0.15, 0.2) is 101 Å². The summed E-state index contributed by atoms with van der Waals surface area (Å²) in [5.74, 6) is 0.952. The molecule has 15 heteroatoms. The van der Waals surface area contributed by atoms with E-state index < -0.39 is 5.60 Å². The Balaban J connectivity index is 0.801. The molecular weight excluding hydrogens is 794 g/mol.